The average molecular weight is 392 g/mol. The first-order valence-corrected chi connectivity index (χ1v) is 8.73. The molecule has 29 heavy (non-hydrogen) atoms. The summed E-state index contributed by atoms with van der Waals surface area (Å²) in [5.74, 6) is 1.00. The Labute approximate surface area is 165 Å². The van der Waals surface area contributed by atoms with Gasteiger partial charge in [-0.15, -0.1) is 0 Å². The number of methoxy groups -OCH3 is 2. The molecule has 4 aromatic rings. The Bertz CT molecular complexity index is 1240. The van der Waals surface area contributed by atoms with Crippen LogP contribution in [-0.4, -0.2) is 29.2 Å². The Balaban J connectivity index is 1.79. The number of anilines is 2. The molecule has 0 saturated heterocycles. The van der Waals surface area contributed by atoms with Crippen LogP contribution in [0.2, 0.25) is 0 Å². The highest BCUT2D eigenvalue weighted by Gasteiger charge is 2.14. The number of nitrogens with zero attached hydrogens (tertiary/aromatic N) is 2. The summed E-state index contributed by atoms with van der Waals surface area (Å²) >= 11 is 0. The Morgan fingerprint density at radius 3 is 2.48 bits per heavy atom. The van der Waals surface area contributed by atoms with Gasteiger partial charge in [-0.25, -0.2) is 9.37 Å². The van der Waals surface area contributed by atoms with Gasteiger partial charge in [0.1, 0.15) is 5.82 Å². The molecule has 0 bridgehead atoms. The molecule has 0 aliphatic carbocycles. The molecular weight excluding hydrogens is 375 g/mol. The molecule has 0 atom stereocenters. The number of hydrogen-bond donors (Lipinski definition) is 2. The molecule has 0 unspecified atom stereocenters. The summed E-state index contributed by atoms with van der Waals surface area (Å²) in [5, 5.41) is 3.30. The number of halogens is 1. The maximum atomic E-state index is 13.1. The summed E-state index contributed by atoms with van der Waals surface area (Å²) in [4.78, 5) is 24.2. The van der Waals surface area contributed by atoms with E-state index in [4.69, 9.17) is 9.47 Å². The smallest absolute Gasteiger partial charge is 0.262 e. The minimum Gasteiger partial charge on any atom is -0.493 e. The van der Waals surface area contributed by atoms with Gasteiger partial charge < -0.3 is 14.8 Å². The van der Waals surface area contributed by atoms with Crippen LogP contribution in [0.15, 0.2) is 59.5 Å². The van der Waals surface area contributed by atoms with E-state index < -0.39 is 0 Å². The predicted molar refractivity (Wildman–Crippen MR) is 108 cm³/mol. The SMILES string of the molecule is COc1ccc(-c2ccnc3nc(Nc4ccc(F)cc4)[nH]c(=O)c23)cc1OC. The highest BCUT2D eigenvalue weighted by molar-refractivity contribution is 5.92. The van der Waals surface area contributed by atoms with E-state index in [1.165, 1.54) is 12.1 Å². The number of nitrogens with one attached hydrogen (secondary N) is 2. The average Bonchev–Trinajstić information content (AvgIpc) is 2.74. The topological polar surface area (TPSA) is 89.1 Å². The molecule has 0 fully saturated rings. The number of hydrogen-bond acceptors (Lipinski definition) is 6. The summed E-state index contributed by atoms with van der Waals surface area (Å²) in [6.45, 7) is 0. The molecular formula is C21H17FN4O3. The minimum atomic E-state index is -0.350. The Morgan fingerprint density at radius 2 is 1.76 bits per heavy atom. The zero-order chi connectivity index (χ0) is 20.4. The first-order chi connectivity index (χ1) is 14.1. The third-order valence-electron chi connectivity index (χ3n) is 4.41. The van der Waals surface area contributed by atoms with Crippen LogP contribution in [0.4, 0.5) is 16.0 Å². The second-order valence-corrected chi connectivity index (χ2v) is 6.17. The molecule has 7 nitrogen and oxygen atoms in total. The van der Waals surface area contributed by atoms with Gasteiger partial charge in [-0.1, -0.05) is 6.07 Å². The van der Waals surface area contributed by atoms with Crippen LogP contribution in [-0.2, 0) is 0 Å². The molecule has 2 aromatic carbocycles. The van der Waals surface area contributed by atoms with Crippen LogP contribution in [0.3, 0.4) is 0 Å². The first-order valence-electron chi connectivity index (χ1n) is 8.73. The summed E-state index contributed by atoms with van der Waals surface area (Å²) < 4.78 is 23.7. The molecule has 0 saturated carbocycles. The fraction of sp³-hybridized carbons (Fsp3) is 0.0952. The molecule has 0 radical (unpaired) electrons. The molecule has 146 valence electrons. The van der Waals surface area contributed by atoms with Crippen molar-refractivity contribution in [2.75, 3.05) is 19.5 Å². The standard InChI is InChI=1S/C21H17FN4O3/c1-28-16-8-3-12(11-17(16)29-2)15-9-10-23-19-18(15)20(27)26-21(25-19)24-14-6-4-13(22)5-7-14/h3-11H,1-2H3,(H2,23,24,25,26,27). The number of aromatic amines is 1. The molecule has 0 amide bonds. The van der Waals surface area contributed by atoms with Gasteiger partial charge in [-0.2, -0.15) is 4.98 Å². The fourth-order valence-corrected chi connectivity index (χ4v) is 3.04. The van der Waals surface area contributed by atoms with Crippen LogP contribution in [0, 0.1) is 5.82 Å². The van der Waals surface area contributed by atoms with E-state index in [0.29, 0.717) is 28.1 Å². The molecule has 0 spiro atoms. The number of fused-ring (bicyclic) bond motifs is 1. The Morgan fingerprint density at radius 1 is 1.00 bits per heavy atom. The van der Waals surface area contributed by atoms with Gasteiger partial charge in [0.2, 0.25) is 5.95 Å². The number of aromatic nitrogens is 3. The third kappa shape index (κ3) is 3.60. The Kier molecular flexibility index (Phi) is 4.82. The number of ether oxygens (including phenoxy) is 2. The van der Waals surface area contributed by atoms with Crippen LogP contribution in [0.1, 0.15) is 0 Å². The fourth-order valence-electron chi connectivity index (χ4n) is 3.04. The minimum absolute atomic E-state index is 0.214. The summed E-state index contributed by atoms with van der Waals surface area (Å²) in [6.07, 6.45) is 1.59. The van der Waals surface area contributed by atoms with E-state index in [2.05, 4.69) is 20.3 Å². The second-order valence-electron chi connectivity index (χ2n) is 6.17. The van der Waals surface area contributed by atoms with Crippen LogP contribution >= 0.6 is 0 Å². The molecule has 8 heteroatoms. The molecule has 2 N–H and O–H groups in total. The molecule has 2 heterocycles. The lowest BCUT2D eigenvalue weighted by atomic mass is 10.0. The number of rotatable bonds is 5. The van der Waals surface area contributed by atoms with Crippen molar-refractivity contribution in [3.63, 3.8) is 0 Å². The van der Waals surface area contributed by atoms with E-state index in [0.717, 1.165) is 5.56 Å². The van der Waals surface area contributed by atoms with Crippen molar-refractivity contribution in [2.24, 2.45) is 0 Å². The zero-order valence-electron chi connectivity index (χ0n) is 15.7. The zero-order valence-corrected chi connectivity index (χ0v) is 15.7. The van der Waals surface area contributed by atoms with Gasteiger partial charge in [0, 0.05) is 11.9 Å². The van der Waals surface area contributed by atoms with Crippen molar-refractivity contribution >= 4 is 22.7 Å². The summed E-state index contributed by atoms with van der Waals surface area (Å²) in [6, 6.07) is 12.9. The third-order valence-corrected chi connectivity index (χ3v) is 4.41. The molecule has 0 aliphatic heterocycles. The van der Waals surface area contributed by atoms with E-state index in [-0.39, 0.29) is 23.0 Å². The number of pyridine rings is 1. The lowest BCUT2D eigenvalue weighted by molar-refractivity contribution is 0.355. The van der Waals surface area contributed by atoms with Gasteiger partial charge in [-0.05, 0) is 53.6 Å². The van der Waals surface area contributed by atoms with E-state index in [1.54, 1.807) is 50.7 Å². The number of benzene rings is 2. The van der Waals surface area contributed by atoms with Gasteiger partial charge in [0.15, 0.2) is 17.1 Å². The maximum absolute atomic E-state index is 13.1. The largest absolute Gasteiger partial charge is 0.493 e. The van der Waals surface area contributed by atoms with Crippen molar-refractivity contribution in [3.05, 3.63) is 70.9 Å². The lowest BCUT2D eigenvalue weighted by Crippen LogP contribution is -2.13. The van der Waals surface area contributed by atoms with E-state index in [1.807, 2.05) is 6.07 Å². The molecule has 0 aliphatic rings. The van der Waals surface area contributed by atoms with Gasteiger partial charge in [-0.3, -0.25) is 9.78 Å². The molecule has 4 rings (SSSR count). The quantitative estimate of drug-likeness (QED) is 0.536. The van der Waals surface area contributed by atoms with Crippen LogP contribution < -0.4 is 20.3 Å². The van der Waals surface area contributed by atoms with Crippen molar-refractivity contribution in [1.29, 1.82) is 0 Å². The van der Waals surface area contributed by atoms with Crippen molar-refractivity contribution in [1.82, 2.24) is 15.0 Å². The van der Waals surface area contributed by atoms with Crippen LogP contribution in [0.25, 0.3) is 22.2 Å². The van der Waals surface area contributed by atoms with E-state index in [9.17, 15) is 9.18 Å². The van der Waals surface area contributed by atoms with Gasteiger partial charge in [0.25, 0.3) is 5.56 Å². The highest BCUT2D eigenvalue weighted by atomic mass is 19.1. The monoisotopic (exact) mass is 392 g/mol. The maximum Gasteiger partial charge on any atom is 0.262 e. The van der Waals surface area contributed by atoms with Gasteiger partial charge in [0.05, 0.1) is 19.6 Å². The lowest BCUT2D eigenvalue weighted by Gasteiger charge is -2.11. The highest BCUT2D eigenvalue weighted by Crippen LogP contribution is 2.34. The van der Waals surface area contributed by atoms with Crippen molar-refractivity contribution in [3.8, 4) is 22.6 Å². The van der Waals surface area contributed by atoms with Gasteiger partial charge >= 0.3 is 0 Å². The predicted octanol–water partition coefficient (Wildman–Crippen LogP) is 3.89. The van der Waals surface area contributed by atoms with Crippen molar-refractivity contribution < 1.29 is 13.9 Å². The number of H-pyrrole nitrogens is 1. The van der Waals surface area contributed by atoms with Crippen molar-refractivity contribution in [2.45, 2.75) is 0 Å². The molecule has 2 aromatic heterocycles. The second kappa shape index (κ2) is 7.59. The summed E-state index contributed by atoms with van der Waals surface area (Å²) in [5.41, 5.74) is 1.95. The van der Waals surface area contributed by atoms with Crippen LogP contribution in [0.5, 0.6) is 11.5 Å². The Hall–Kier alpha value is -3.94. The van der Waals surface area contributed by atoms with E-state index >= 15 is 0 Å². The normalized spacial score (nSPS) is 10.7. The summed E-state index contributed by atoms with van der Waals surface area (Å²) in [7, 11) is 3.11. The first kappa shape index (κ1) is 18.4.